The molecule has 7 heteroatoms. The molecular formula is C23H28FN5O. The molecule has 1 aromatic heterocycles. The Kier molecular flexibility index (Phi) is 7.83. The number of rotatable bonds is 9. The van der Waals surface area contributed by atoms with Gasteiger partial charge in [-0.15, -0.1) is 0 Å². The highest BCUT2D eigenvalue weighted by Gasteiger charge is 2.04. The van der Waals surface area contributed by atoms with E-state index in [1.54, 1.807) is 24.7 Å². The molecule has 0 bridgehead atoms. The highest BCUT2D eigenvalue weighted by Crippen LogP contribution is 2.17. The third-order valence-corrected chi connectivity index (χ3v) is 4.32. The summed E-state index contributed by atoms with van der Waals surface area (Å²) in [4.78, 5) is 8.67. The van der Waals surface area contributed by atoms with Crippen LogP contribution in [-0.2, 0) is 13.0 Å². The quantitative estimate of drug-likeness (QED) is 0.412. The summed E-state index contributed by atoms with van der Waals surface area (Å²) >= 11 is 0. The van der Waals surface area contributed by atoms with Crippen molar-refractivity contribution in [3.63, 3.8) is 0 Å². The maximum Gasteiger partial charge on any atom is 0.195 e. The number of ether oxygens (including phenoxy) is 1. The zero-order chi connectivity index (χ0) is 21.2. The summed E-state index contributed by atoms with van der Waals surface area (Å²) in [5.74, 6) is 1.27. The summed E-state index contributed by atoms with van der Waals surface area (Å²) < 4.78 is 21.5. The van der Waals surface area contributed by atoms with Crippen molar-refractivity contribution < 1.29 is 9.13 Å². The van der Waals surface area contributed by atoms with Crippen LogP contribution in [0.25, 0.3) is 0 Å². The predicted molar refractivity (Wildman–Crippen MR) is 118 cm³/mol. The molecule has 3 aromatic rings. The fraction of sp³-hybridized carbons (Fsp3) is 0.304. The third-order valence-electron chi connectivity index (χ3n) is 4.32. The number of hydrogen-bond acceptors (Lipinski definition) is 3. The topological polar surface area (TPSA) is 63.5 Å². The molecule has 0 amide bonds. The summed E-state index contributed by atoms with van der Waals surface area (Å²) in [7, 11) is 0. The number of hydrogen-bond donors (Lipinski definition) is 2. The summed E-state index contributed by atoms with van der Waals surface area (Å²) in [6.45, 7) is 5.90. The van der Waals surface area contributed by atoms with Gasteiger partial charge in [0.2, 0.25) is 0 Å². The second kappa shape index (κ2) is 11.0. The van der Waals surface area contributed by atoms with E-state index in [-0.39, 0.29) is 11.9 Å². The van der Waals surface area contributed by atoms with Crippen molar-refractivity contribution in [1.82, 2.24) is 14.9 Å². The lowest BCUT2D eigenvalue weighted by molar-refractivity contribution is 0.242. The Hall–Kier alpha value is -3.35. The lowest BCUT2D eigenvalue weighted by Crippen LogP contribution is -2.33. The summed E-state index contributed by atoms with van der Waals surface area (Å²) in [6, 6.07) is 14.5. The van der Waals surface area contributed by atoms with Crippen molar-refractivity contribution >= 4 is 11.6 Å². The lowest BCUT2D eigenvalue weighted by atomic mass is 10.1. The van der Waals surface area contributed by atoms with Crippen LogP contribution in [0.2, 0.25) is 0 Å². The van der Waals surface area contributed by atoms with Crippen LogP contribution in [0, 0.1) is 5.82 Å². The molecule has 0 aliphatic heterocycles. The van der Waals surface area contributed by atoms with Crippen molar-refractivity contribution in [3.8, 4) is 5.75 Å². The molecule has 6 nitrogen and oxygen atoms in total. The molecule has 158 valence electrons. The molecule has 0 radical (unpaired) electrons. The van der Waals surface area contributed by atoms with Crippen molar-refractivity contribution in [2.75, 3.05) is 18.4 Å². The van der Waals surface area contributed by atoms with Gasteiger partial charge in [0.05, 0.1) is 12.4 Å². The van der Waals surface area contributed by atoms with Gasteiger partial charge in [-0.05, 0) is 56.2 Å². The van der Waals surface area contributed by atoms with Crippen LogP contribution in [0.4, 0.5) is 10.1 Å². The van der Waals surface area contributed by atoms with E-state index in [9.17, 15) is 4.39 Å². The molecule has 0 saturated heterocycles. The van der Waals surface area contributed by atoms with Gasteiger partial charge in [-0.3, -0.25) is 4.99 Å². The fourth-order valence-electron chi connectivity index (χ4n) is 2.88. The first kappa shape index (κ1) is 21.4. The third kappa shape index (κ3) is 6.92. The Balaban J connectivity index is 1.62. The highest BCUT2D eigenvalue weighted by molar-refractivity contribution is 5.93. The first-order chi connectivity index (χ1) is 14.6. The molecule has 0 aliphatic rings. The predicted octanol–water partition coefficient (Wildman–Crippen LogP) is 4.11. The molecule has 2 N–H and O–H groups in total. The SMILES string of the molecule is CC(C)Oc1ccc(NC(=NCCc2ccccc2F)NCCn2ccnc2)cc1. The number of aromatic nitrogens is 2. The molecule has 0 aliphatic carbocycles. The molecule has 0 fully saturated rings. The van der Waals surface area contributed by atoms with Crippen molar-refractivity contribution in [3.05, 3.63) is 78.6 Å². The van der Waals surface area contributed by atoms with Gasteiger partial charge in [0.1, 0.15) is 11.6 Å². The second-order valence-electron chi connectivity index (χ2n) is 7.12. The Labute approximate surface area is 176 Å². The van der Waals surface area contributed by atoms with E-state index in [0.29, 0.717) is 31.0 Å². The van der Waals surface area contributed by atoms with Crippen LogP contribution in [-0.4, -0.2) is 34.7 Å². The monoisotopic (exact) mass is 409 g/mol. The minimum absolute atomic E-state index is 0.129. The molecule has 0 unspecified atom stereocenters. The maximum atomic E-state index is 13.8. The number of benzene rings is 2. The smallest absolute Gasteiger partial charge is 0.195 e. The van der Waals surface area contributed by atoms with Gasteiger partial charge in [-0.2, -0.15) is 0 Å². The highest BCUT2D eigenvalue weighted by atomic mass is 19.1. The van der Waals surface area contributed by atoms with Gasteiger partial charge in [0.25, 0.3) is 0 Å². The van der Waals surface area contributed by atoms with Crippen molar-refractivity contribution in [2.45, 2.75) is 32.9 Å². The van der Waals surface area contributed by atoms with E-state index in [4.69, 9.17) is 4.74 Å². The van der Waals surface area contributed by atoms with Crippen molar-refractivity contribution in [2.24, 2.45) is 4.99 Å². The van der Waals surface area contributed by atoms with Crippen LogP contribution >= 0.6 is 0 Å². The minimum atomic E-state index is -0.198. The molecule has 0 atom stereocenters. The first-order valence-electron chi connectivity index (χ1n) is 10.1. The summed E-state index contributed by atoms with van der Waals surface area (Å²) in [6.07, 6.45) is 6.10. The van der Waals surface area contributed by atoms with Crippen LogP contribution in [0.1, 0.15) is 19.4 Å². The van der Waals surface area contributed by atoms with E-state index in [1.807, 2.05) is 54.9 Å². The largest absolute Gasteiger partial charge is 0.491 e. The zero-order valence-electron chi connectivity index (χ0n) is 17.4. The molecule has 3 rings (SSSR count). The van der Waals surface area contributed by atoms with Gasteiger partial charge >= 0.3 is 0 Å². The van der Waals surface area contributed by atoms with E-state index in [0.717, 1.165) is 18.0 Å². The minimum Gasteiger partial charge on any atom is -0.491 e. The van der Waals surface area contributed by atoms with Gasteiger partial charge < -0.3 is 19.9 Å². The van der Waals surface area contributed by atoms with Crippen molar-refractivity contribution in [1.29, 1.82) is 0 Å². The molecule has 2 aromatic carbocycles. The Bertz CT molecular complexity index is 923. The van der Waals surface area contributed by atoms with Crippen LogP contribution in [0.3, 0.4) is 0 Å². The van der Waals surface area contributed by atoms with E-state index in [2.05, 4.69) is 20.6 Å². The average molecular weight is 410 g/mol. The molecule has 0 spiro atoms. The number of nitrogens with zero attached hydrogens (tertiary/aromatic N) is 3. The standard InChI is InChI=1S/C23H28FN5O/c1-18(2)30-21-9-7-20(8-10-21)28-23(27-14-16-29-15-13-25-17-29)26-12-11-19-5-3-4-6-22(19)24/h3-10,13,15,17-18H,11-12,14,16H2,1-2H3,(H2,26,27,28). The second-order valence-corrected chi connectivity index (χ2v) is 7.12. The van der Waals surface area contributed by atoms with Gasteiger partial charge in [0.15, 0.2) is 5.96 Å². The van der Waals surface area contributed by atoms with E-state index < -0.39 is 0 Å². The van der Waals surface area contributed by atoms with Gasteiger partial charge in [-0.25, -0.2) is 9.37 Å². The molecule has 1 heterocycles. The van der Waals surface area contributed by atoms with Crippen LogP contribution in [0.5, 0.6) is 5.75 Å². The summed E-state index contributed by atoms with van der Waals surface area (Å²) in [5.41, 5.74) is 1.56. The van der Waals surface area contributed by atoms with E-state index in [1.165, 1.54) is 6.07 Å². The number of halogens is 1. The normalized spacial score (nSPS) is 11.5. The van der Waals surface area contributed by atoms with Gasteiger partial charge in [0, 0.05) is 37.7 Å². The Morgan fingerprint density at radius 3 is 2.67 bits per heavy atom. The number of anilines is 1. The van der Waals surface area contributed by atoms with Crippen LogP contribution in [0.15, 0.2) is 72.2 Å². The number of aliphatic imine (C=N–C) groups is 1. The molecule has 30 heavy (non-hydrogen) atoms. The molecule has 0 saturated carbocycles. The Morgan fingerprint density at radius 2 is 1.97 bits per heavy atom. The average Bonchev–Trinajstić information content (AvgIpc) is 3.24. The summed E-state index contributed by atoms with van der Waals surface area (Å²) in [5, 5.41) is 6.62. The number of nitrogens with one attached hydrogen (secondary N) is 2. The number of imidazole rings is 1. The first-order valence-corrected chi connectivity index (χ1v) is 10.1. The maximum absolute atomic E-state index is 13.8. The van der Waals surface area contributed by atoms with E-state index >= 15 is 0 Å². The van der Waals surface area contributed by atoms with Crippen LogP contribution < -0.4 is 15.4 Å². The van der Waals surface area contributed by atoms with Gasteiger partial charge in [-0.1, -0.05) is 18.2 Å². The number of guanidine groups is 1. The fourth-order valence-corrected chi connectivity index (χ4v) is 2.88. The molecular weight excluding hydrogens is 381 g/mol. The Morgan fingerprint density at radius 1 is 1.17 bits per heavy atom. The lowest BCUT2D eigenvalue weighted by Gasteiger charge is -2.14. The zero-order valence-corrected chi connectivity index (χ0v) is 17.4.